The molecule has 2 aliphatic carbocycles. The van der Waals surface area contributed by atoms with Crippen LogP contribution in [0.2, 0.25) is 0 Å². The number of aliphatic carboxylic acids is 1. The van der Waals surface area contributed by atoms with E-state index in [1.165, 1.54) is 27.6 Å². The van der Waals surface area contributed by atoms with Gasteiger partial charge in [0.2, 0.25) is 21.8 Å². The van der Waals surface area contributed by atoms with Gasteiger partial charge < -0.3 is 40.7 Å². The zero-order valence-corrected chi connectivity index (χ0v) is 38.9. The number of rotatable bonds is 13. The number of methoxy groups -OCH3 is 1. The van der Waals surface area contributed by atoms with Crippen molar-refractivity contribution in [2.75, 3.05) is 32.6 Å². The van der Waals surface area contributed by atoms with E-state index in [1.54, 1.807) is 39.2 Å². The van der Waals surface area contributed by atoms with E-state index in [0.717, 1.165) is 30.0 Å². The fraction of sp³-hybridized carbons (Fsp3) is 0.556. The van der Waals surface area contributed by atoms with Crippen LogP contribution >= 0.6 is 11.3 Å². The summed E-state index contributed by atoms with van der Waals surface area (Å²) in [6.45, 7) is 7.17. The van der Waals surface area contributed by atoms with E-state index in [1.807, 2.05) is 37.4 Å². The van der Waals surface area contributed by atoms with Crippen LogP contribution in [0, 0.1) is 5.92 Å². The molecular weight excluding hydrogens is 861 g/mol. The first-order chi connectivity index (χ1) is 30.5. The smallest absolute Gasteiger partial charge is 0.330 e. The van der Waals surface area contributed by atoms with Gasteiger partial charge in [-0.25, -0.2) is 28.0 Å². The summed E-state index contributed by atoms with van der Waals surface area (Å²) in [4.78, 5) is 67.0. The van der Waals surface area contributed by atoms with Gasteiger partial charge >= 0.3 is 12.0 Å². The number of hydrogen-bond donors (Lipinski definition) is 5. The maximum Gasteiger partial charge on any atom is 0.330 e. The lowest BCUT2D eigenvalue weighted by molar-refractivity contribution is -0.145. The van der Waals surface area contributed by atoms with Crippen molar-refractivity contribution < 1.29 is 42.2 Å². The average molecular weight is 921 g/mol. The minimum Gasteiger partial charge on any atom is -0.497 e. The number of thiazole rings is 1. The lowest BCUT2D eigenvalue weighted by Crippen LogP contribution is -2.57. The molecular formula is C45H60N8O9S2. The molecule has 346 valence electrons. The summed E-state index contributed by atoms with van der Waals surface area (Å²) in [6.07, 6.45) is 8.75. The van der Waals surface area contributed by atoms with Gasteiger partial charge in [0.1, 0.15) is 40.9 Å². The largest absolute Gasteiger partial charge is 0.497 e. The van der Waals surface area contributed by atoms with Gasteiger partial charge in [0.25, 0.3) is 0 Å². The summed E-state index contributed by atoms with van der Waals surface area (Å²) in [5.41, 5.74) is 1.66. The Labute approximate surface area is 378 Å². The molecule has 2 aromatic heterocycles. The second-order valence-corrected chi connectivity index (χ2v) is 21.2. The molecule has 4 heterocycles. The summed E-state index contributed by atoms with van der Waals surface area (Å²) >= 11 is 1.45. The quantitative estimate of drug-likeness (QED) is 0.129. The SMILES string of the molecule is COc1ccc2c(O[C@@H]3C[C@H]4C(=O)N[C@]5(C(=O)O)CC5C=CCCCCC[C@H](NC(=O)NC(CN(C)S(=O)(=O)C(C)C)=C5CCC5)C(=O)N4C3)cc(-c3csc(NC(C)C)n3)nc2c1. The van der Waals surface area contributed by atoms with Crippen LogP contribution in [0.15, 0.2) is 53.1 Å². The average Bonchev–Trinajstić information content (AvgIpc) is 3.48. The standard InChI is InChI=1S/C45H60N8O9S2/c1-26(2)46-44-50-37(25-63-44)35-21-39(32-18-17-30(61-6)19-34(32)47-35)62-31-20-38-40(54)51-45(42(56)57)22-29(45)15-10-8-7-9-11-16-33(41(55)53(38)23-31)48-43(58)49-36(28-13-12-14-28)24-52(5)64(59,60)27(3)4/h10,15,17-19,21,25-27,29,31,33,38H,7-9,11-14,16,20,22-24H2,1-6H3,(H,46,50)(H,51,54)(H,56,57)(H2,48,49,58)/t29?,31-,33+,38+,45-/m1/s1. The Morgan fingerprint density at radius 1 is 1.08 bits per heavy atom. The van der Waals surface area contributed by atoms with Crippen molar-refractivity contribution in [2.24, 2.45) is 5.92 Å². The summed E-state index contributed by atoms with van der Waals surface area (Å²) in [6, 6.07) is 4.51. The molecule has 5 atom stereocenters. The molecule has 0 bridgehead atoms. The number of hydrogen-bond acceptors (Lipinski definition) is 12. The van der Waals surface area contributed by atoms with Gasteiger partial charge in [0.05, 0.1) is 36.7 Å². The summed E-state index contributed by atoms with van der Waals surface area (Å²) in [5.74, 6) is -1.66. The Hall–Kier alpha value is -5.27. The Morgan fingerprint density at radius 2 is 1.86 bits per heavy atom. The van der Waals surface area contributed by atoms with Crippen molar-refractivity contribution >= 4 is 61.2 Å². The fourth-order valence-corrected chi connectivity index (χ4v) is 10.3. The molecule has 17 nitrogen and oxygen atoms in total. The number of likely N-dealkylation sites (N-methyl/N-ethyl adjacent to an activating group) is 1. The minimum absolute atomic E-state index is 0.0358. The van der Waals surface area contributed by atoms with Gasteiger partial charge in [0, 0.05) is 54.0 Å². The van der Waals surface area contributed by atoms with Crippen molar-refractivity contribution in [3.63, 3.8) is 0 Å². The molecule has 1 unspecified atom stereocenters. The molecule has 2 saturated carbocycles. The van der Waals surface area contributed by atoms with Crippen LogP contribution in [-0.4, -0.2) is 119 Å². The van der Waals surface area contributed by atoms with Crippen molar-refractivity contribution in [3.05, 3.63) is 53.1 Å². The van der Waals surface area contributed by atoms with Crippen LogP contribution < -0.4 is 30.7 Å². The number of ether oxygens (including phenoxy) is 2. The summed E-state index contributed by atoms with van der Waals surface area (Å²) in [5, 5.41) is 24.9. The van der Waals surface area contributed by atoms with E-state index >= 15 is 0 Å². The number of carboxylic acid groups (broad SMARTS) is 1. The third-order valence-electron chi connectivity index (χ3n) is 12.4. The number of carboxylic acids is 1. The number of nitrogens with one attached hydrogen (secondary N) is 4. The molecule has 0 radical (unpaired) electrons. The van der Waals surface area contributed by atoms with Gasteiger partial charge in [-0.05, 0) is 90.3 Å². The maximum absolute atomic E-state index is 14.9. The Morgan fingerprint density at radius 3 is 2.55 bits per heavy atom. The van der Waals surface area contributed by atoms with Gasteiger partial charge in [-0.1, -0.05) is 25.0 Å². The predicted molar refractivity (Wildman–Crippen MR) is 245 cm³/mol. The number of fused-ring (bicyclic) bond motifs is 3. The van der Waals surface area contributed by atoms with Crippen LogP contribution in [0.3, 0.4) is 0 Å². The van der Waals surface area contributed by atoms with Crippen molar-refractivity contribution in [2.45, 2.75) is 127 Å². The highest BCUT2D eigenvalue weighted by Crippen LogP contribution is 2.46. The topological polar surface area (TPSA) is 221 Å². The first-order valence-corrected chi connectivity index (χ1v) is 24.5. The van der Waals surface area contributed by atoms with Gasteiger partial charge in [-0.3, -0.25) is 9.59 Å². The number of pyridine rings is 1. The lowest BCUT2D eigenvalue weighted by Gasteiger charge is -2.30. The third-order valence-corrected chi connectivity index (χ3v) is 15.4. The molecule has 4 aliphatic rings. The number of amides is 4. The zero-order chi connectivity index (χ0) is 45.9. The van der Waals surface area contributed by atoms with Crippen LogP contribution in [0.1, 0.15) is 91.9 Å². The van der Waals surface area contributed by atoms with Gasteiger partial charge in [0.15, 0.2) is 5.13 Å². The highest BCUT2D eigenvalue weighted by Gasteiger charge is 2.61. The van der Waals surface area contributed by atoms with E-state index in [-0.39, 0.29) is 38.4 Å². The monoisotopic (exact) mass is 920 g/mol. The number of carbonyl (C=O) groups excluding carboxylic acids is 3. The van der Waals surface area contributed by atoms with Crippen LogP contribution in [-0.2, 0) is 24.4 Å². The van der Waals surface area contributed by atoms with E-state index in [9.17, 15) is 32.7 Å². The highest BCUT2D eigenvalue weighted by molar-refractivity contribution is 7.89. The molecule has 1 saturated heterocycles. The van der Waals surface area contributed by atoms with E-state index < -0.39 is 68.7 Å². The molecule has 3 fully saturated rings. The molecule has 7 rings (SSSR count). The number of allylic oxidation sites excluding steroid dienone is 2. The van der Waals surface area contributed by atoms with Crippen molar-refractivity contribution in [1.29, 1.82) is 0 Å². The Kier molecular flexibility index (Phi) is 14.2. The second kappa shape index (κ2) is 19.5. The minimum atomic E-state index is -3.62. The fourth-order valence-electron chi connectivity index (χ4n) is 8.46. The van der Waals surface area contributed by atoms with Gasteiger partial charge in [-0.2, -0.15) is 4.31 Å². The predicted octanol–water partition coefficient (Wildman–Crippen LogP) is 5.79. The maximum atomic E-state index is 14.9. The van der Waals surface area contributed by atoms with Crippen LogP contribution in [0.4, 0.5) is 9.93 Å². The molecule has 4 amide bonds. The number of anilines is 1. The number of carbonyl (C=O) groups is 4. The van der Waals surface area contributed by atoms with Gasteiger partial charge in [-0.15, -0.1) is 11.3 Å². The Balaban J connectivity index is 1.19. The summed E-state index contributed by atoms with van der Waals surface area (Å²) in [7, 11) is -0.572. The van der Waals surface area contributed by atoms with E-state index in [4.69, 9.17) is 19.4 Å². The second-order valence-electron chi connectivity index (χ2n) is 17.8. The number of nitrogens with zero attached hydrogens (tertiary/aromatic N) is 4. The third kappa shape index (κ3) is 10.3. The summed E-state index contributed by atoms with van der Waals surface area (Å²) < 4.78 is 39.5. The molecule has 1 aromatic carbocycles. The zero-order valence-electron chi connectivity index (χ0n) is 37.3. The first kappa shape index (κ1) is 46.7. The van der Waals surface area contributed by atoms with E-state index in [0.29, 0.717) is 65.2 Å². The Bertz CT molecular complexity index is 2430. The first-order valence-electron chi connectivity index (χ1n) is 22.1. The normalized spacial score (nSPS) is 24.0. The van der Waals surface area contributed by atoms with Crippen molar-refractivity contribution in [3.8, 4) is 22.9 Å². The highest BCUT2D eigenvalue weighted by atomic mass is 32.2. The van der Waals surface area contributed by atoms with E-state index in [2.05, 4.69) is 21.3 Å². The van der Waals surface area contributed by atoms with Crippen LogP contribution in [0.5, 0.6) is 11.5 Å². The molecule has 5 N–H and O–H groups in total. The lowest BCUT2D eigenvalue weighted by atomic mass is 9.90. The number of sulfonamides is 1. The number of urea groups is 1. The molecule has 64 heavy (non-hydrogen) atoms. The molecule has 3 aromatic rings. The number of aromatic nitrogens is 2. The van der Waals surface area contributed by atoms with Crippen LogP contribution in [0.25, 0.3) is 22.3 Å². The number of benzene rings is 1. The molecule has 2 aliphatic heterocycles. The van der Waals surface area contributed by atoms with Crippen molar-refractivity contribution in [1.82, 2.24) is 35.1 Å². The molecule has 19 heteroatoms. The molecule has 0 spiro atoms.